The van der Waals surface area contributed by atoms with Crippen LogP contribution in [-0.4, -0.2) is 11.4 Å². The number of pyridine rings is 1. The highest BCUT2D eigenvalue weighted by molar-refractivity contribution is 5.47. The molecule has 11 heavy (non-hydrogen) atoms. The summed E-state index contributed by atoms with van der Waals surface area (Å²) in [4.78, 5) is 14.0. The first-order chi connectivity index (χ1) is 5.34. The standard InChI is InChI=1S/C8H10N2O/c1-7(10-6-11)8-3-2-4-9-5-8/h2-7H,1H3,(H,10,11)/t7-/m0/s1. The first kappa shape index (κ1) is 7.72. The van der Waals surface area contributed by atoms with E-state index in [2.05, 4.69) is 10.3 Å². The molecule has 1 aromatic heterocycles. The summed E-state index contributed by atoms with van der Waals surface area (Å²) in [5, 5.41) is 2.64. The molecule has 0 aromatic carbocycles. The maximum atomic E-state index is 10.1. The third-order valence-electron chi connectivity index (χ3n) is 1.50. The van der Waals surface area contributed by atoms with E-state index in [1.54, 1.807) is 12.4 Å². The number of carbonyl (C=O) groups excluding carboxylic acids is 1. The molecule has 1 N–H and O–H groups in total. The molecule has 3 heteroatoms. The van der Waals surface area contributed by atoms with Gasteiger partial charge in [0.2, 0.25) is 6.41 Å². The summed E-state index contributed by atoms with van der Waals surface area (Å²) in [6, 6.07) is 3.81. The van der Waals surface area contributed by atoms with E-state index in [0.717, 1.165) is 5.56 Å². The van der Waals surface area contributed by atoms with Crippen molar-refractivity contribution in [3.8, 4) is 0 Å². The van der Waals surface area contributed by atoms with E-state index in [1.807, 2.05) is 19.1 Å². The lowest BCUT2D eigenvalue weighted by atomic mass is 10.1. The van der Waals surface area contributed by atoms with Crippen molar-refractivity contribution in [2.24, 2.45) is 0 Å². The number of amides is 1. The SMILES string of the molecule is C[C@H](NC=O)c1cccnc1. The average Bonchev–Trinajstić information content (AvgIpc) is 2.07. The fourth-order valence-corrected chi connectivity index (χ4v) is 0.830. The largest absolute Gasteiger partial charge is 0.352 e. The van der Waals surface area contributed by atoms with E-state index >= 15 is 0 Å². The summed E-state index contributed by atoms with van der Waals surface area (Å²) >= 11 is 0. The van der Waals surface area contributed by atoms with Gasteiger partial charge in [0.05, 0.1) is 6.04 Å². The minimum absolute atomic E-state index is 0.0428. The van der Waals surface area contributed by atoms with E-state index in [1.165, 1.54) is 0 Å². The van der Waals surface area contributed by atoms with Crippen molar-refractivity contribution in [3.05, 3.63) is 30.1 Å². The molecule has 0 aliphatic heterocycles. The summed E-state index contributed by atoms with van der Waals surface area (Å²) in [7, 11) is 0. The maximum absolute atomic E-state index is 10.1. The molecule has 0 aliphatic carbocycles. The van der Waals surface area contributed by atoms with Crippen LogP contribution in [0.4, 0.5) is 0 Å². The minimum Gasteiger partial charge on any atom is -0.352 e. The molecule has 0 unspecified atom stereocenters. The van der Waals surface area contributed by atoms with Crippen LogP contribution in [0.3, 0.4) is 0 Å². The zero-order valence-corrected chi connectivity index (χ0v) is 6.32. The van der Waals surface area contributed by atoms with Gasteiger partial charge in [-0.25, -0.2) is 0 Å². The second-order valence-electron chi connectivity index (χ2n) is 2.29. The Labute approximate surface area is 65.5 Å². The van der Waals surface area contributed by atoms with Crippen molar-refractivity contribution < 1.29 is 4.79 Å². The zero-order valence-electron chi connectivity index (χ0n) is 6.32. The van der Waals surface area contributed by atoms with Crippen LogP contribution < -0.4 is 5.32 Å². The third-order valence-corrected chi connectivity index (χ3v) is 1.50. The van der Waals surface area contributed by atoms with Crippen LogP contribution in [0.25, 0.3) is 0 Å². The number of hydrogen-bond acceptors (Lipinski definition) is 2. The van der Waals surface area contributed by atoms with E-state index in [4.69, 9.17) is 0 Å². The third kappa shape index (κ3) is 2.04. The van der Waals surface area contributed by atoms with Crippen LogP contribution in [0.15, 0.2) is 24.5 Å². The molecule has 1 rings (SSSR count). The van der Waals surface area contributed by atoms with Gasteiger partial charge in [-0.3, -0.25) is 9.78 Å². The first-order valence-corrected chi connectivity index (χ1v) is 3.44. The van der Waals surface area contributed by atoms with Crippen LogP contribution in [0.1, 0.15) is 18.5 Å². The number of rotatable bonds is 3. The quantitative estimate of drug-likeness (QED) is 0.650. The van der Waals surface area contributed by atoms with E-state index in [9.17, 15) is 4.79 Å². The number of nitrogens with zero attached hydrogens (tertiary/aromatic N) is 1. The van der Waals surface area contributed by atoms with Crippen LogP contribution in [0, 0.1) is 0 Å². The number of aromatic nitrogens is 1. The molecule has 0 aliphatic rings. The number of nitrogens with one attached hydrogen (secondary N) is 1. The molecule has 0 saturated carbocycles. The predicted octanol–water partition coefficient (Wildman–Crippen LogP) is 0.889. The molecule has 0 saturated heterocycles. The smallest absolute Gasteiger partial charge is 0.207 e. The fraction of sp³-hybridized carbons (Fsp3) is 0.250. The van der Waals surface area contributed by atoms with Crippen molar-refractivity contribution in [2.45, 2.75) is 13.0 Å². The van der Waals surface area contributed by atoms with Gasteiger partial charge in [-0.1, -0.05) is 6.07 Å². The number of carbonyl (C=O) groups is 1. The lowest BCUT2D eigenvalue weighted by Crippen LogP contribution is -2.15. The van der Waals surface area contributed by atoms with Crippen molar-refractivity contribution in [3.63, 3.8) is 0 Å². The Morgan fingerprint density at radius 3 is 3.09 bits per heavy atom. The molecule has 0 radical (unpaired) electrons. The molecule has 1 atom stereocenters. The monoisotopic (exact) mass is 150 g/mol. The predicted molar refractivity (Wildman–Crippen MR) is 41.9 cm³/mol. The van der Waals surface area contributed by atoms with Crippen LogP contribution in [0.2, 0.25) is 0 Å². The lowest BCUT2D eigenvalue weighted by molar-refractivity contribution is -0.110. The van der Waals surface area contributed by atoms with Crippen molar-refractivity contribution >= 4 is 6.41 Å². The zero-order chi connectivity index (χ0) is 8.10. The summed E-state index contributed by atoms with van der Waals surface area (Å²) in [5.74, 6) is 0. The normalized spacial score (nSPS) is 12.1. The highest BCUT2D eigenvalue weighted by Gasteiger charge is 2.00. The van der Waals surface area contributed by atoms with Gasteiger partial charge in [-0.2, -0.15) is 0 Å². The maximum Gasteiger partial charge on any atom is 0.207 e. The topological polar surface area (TPSA) is 42.0 Å². The Morgan fingerprint density at radius 2 is 2.55 bits per heavy atom. The molecule has 0 bridgehead atoms. The van der Waals surface area contributed by atoms with Gasteiger partial charge in [0.25, 0.3) is 0 Å². The van der Waals surface area contributed by atoms with Gasteiger partial charge in [-0.15, -0.1) is 0 Å². The van der Waals surface area contributed by atoms with Gasteiger partial charge in [0.1, 0.15) is 0 Å². The van der Waals surface area contributed by atoms with Gasteiger partial charge in [0, 0.05) is 12.4 Å². The highest BCUT2D eigenvalue weighted by atomic mass is 16.1. The van der Waals surface area contributed by atoms with E-state index < -0.39 is 0 Å². The van der Waals surface area contributed by atoms with Gasteiger partial charge in [-0.05, 0) is 18.6 Å². The Balaban J connectivity index is 2.68. The Kier molecular flexibility index (Phi) is 2.60. The molecule has 0 spiro atoms. The second kappa shape index (κ2) is 3.71. The molecular formula is C8H10N2O. The van der Waals surface area contributed by atoms with Gasteiger partial charge >= 0.3 is 0 Å². The van der Waals surface area contributed by atoms with Gasteiger partial charge in [0.15, 0.2) is 0 Å². The van der Waals surface area contributed by atoms with Crippen LogP contribution in [0.5, 0.6) is 0 Å². The Bertz CT molecular complexity index is 223. The molecular weight excluding hydrogens is 140 g/mol. The van der Waals surface area contributed by atoms with Crippen molar-refractivity contribution in [1.82, 2.24) is 10.3 Å². The average molecular weight is 150 g/mol. The fourth-order valence-electron chi connectivity index (χ4n) is 0.830. The molecule has 3 nitrogen and oxygen atoms in total. The molecule has 58 valence electrons. The van der Waals surface area contributed by atoms with Crippen LogP contribution in [-0.2, 0) is 4.79 Å². The summed E-state index contributed by atoms with van der Waals surface area (Å²) in [6.07, 6.45) is 4.13. The first-order valence-electron chi connectivity index (χ1n) is 3.44. The summed E-state index contributed by atoms with van der Waals surface area (Å²) < 4.78 is 0. The highest BCUT2D eigenvalue weighted by Crippen LogP contribution is 2.07. The summed E-state index contributed by atoms with van der Waals surface area (Å²) in [5.41, 5.74) is 1.01. The molecule has 1 amide bonds. The lowest BCUT2D eigenvalue weighted by Gasteiger charge is -2.08. The molecule has 1 aromatic rings. The molecule has 0 fully saturated rings. The van der Waals surface area contributed by atoms with Crippen molar-refractivity contribution in [1.29, 1.82) is 0 Å². The minimum atomic E-state index is 0.0428. The van der Waals surface area contributed by atoms with Crippen LogP contribution >= 0.6 is 0 Å². The van der Waals surface area contributed by atoms with Gasteiger partial charge < -0.3 is 5.32 Å². The Morgan fingerprint density at radius 1 is 1.73 bits per heavy atom. The van der Waals surface area contributed by atoms with E-state index in [-0.39, 0.29) is 6.04 Å². The van der Waals surface area contributed by atoms with Crippen molar-refractivity contribution in [2.75, 3.05) is 0 Å². The Hall–Kier alpha value is -1.38. The number of hydrogen-bond donors (Lipinski definition) is 1. The molecule has 1 heterocycles. The summed E-state index contributed by atoms with van der Waals surface area (Å²) in [6.45, 7) is 1.91. The van der Waals surface area contributed by atoms with E-state index in [0.29, 0.717) is 6.41 Å². The second-order valence-corrected chi connectivity index (χ2v) is 2.29.